The van der Waals surface area contributed by atoms with Gasteiger partial charge in [-0.15, -0.1) is 0 Å². The van der Waals surface area contributed by atoms with Gasteiger partial charge >= 0.3 is 0 Å². The van der Waals surface area contributed by atoms with E-state index in [0.717, 1.165) is 4.47 Å². The summed E-state index contributed by atoms with van der Waals surface area (Å²) < 4.78 is 0.780. The molecule has 0 bridgehead atoms. The van der Waals surface area contributed by atoms with Gasteiger partial charge < -0.3 is 10.6 Å². The van der Waals surface area contributed by atoms with Crippen LogP contribution in [0.4, 0.5) is 0 Å². The minimum atomic E-state index is -0.0742. The fourth-order valence-electron chi connectivity index (χ4n) is 1.14. The lowest BCUT2D eigenvalue weighted by molar-refractivity contribution is 0.0799. The smallest absolute Gasteiger partial charge is 0.253 e. The molecule has 0 radical (unpaired) electrons. The molecule has 0 fully saturated rings. The number of carbonyl (C=O) groups is 1. The Morgan fingerprint density at radius 1 is 1.60 bits per heavy atom. The van der Waals surface area contributed by atoms with Crippen LogP contribution in [0.3, 0.4) is 0 Å². The molecule has 0 saturated heterocycles. The summed E-state index contributed by atoms with van der Waals surface area (Å²) in [5.74, 6) is -0.0742. The maximum atomic E-state index is 11.8. The molecular weight excluding hydrogens is 279 g/mol. The van der Waals surface area contributed by atoms with Gasteiger partial charge in [0.1, 0.15) is 0 Å². The number of likely N-dealkylation sites (N-methyl/N-ethyl adjacent to an activating group) is 1. The molecule has 3 nitrogen and oxygen atoms in total. The first-order valence-corrected chi connectivity index (χ1v) is 5.64. The topological polar surface area (TPSA) is 46.3 Å². The zero-order valence-corrected chi connectivity index (χ0v) is 10.7. The van der Waals surface area contributed by atoms with E-state index < -0.39 is 0 Å². The predicted molar refractivity (Wildman–Crippen MR) is 65.2 cm³/mol. The predicted octanol–water partition coefficient (Wildman–Crippen LogP) is 2.13. The van der Waals surface area contributed by atoms with Crippen LogP contribution in [0, 0.1) is 0 Å². The van der Waals surface area contributed by atoms with Gasteiger partial charge in [0.2, 0.25) is 0 Å². The van der Waals surface area contributed by atoms with Crippen molar-refractivity contribution in [3.63, 3.8) is 0 Å². The van der Waals surface area contributed by atoms with Crippen molar-refractivity contribution in [2.75, 3.05) is 20.1 Å². The summed E-state index contributed by atoms with van der Waals surface area (Å²) in [6, 6.07) is 5.12. The van der Waals surface area contributed by atoms with Crippen molar-refractivity contribution in [1.29, 1.82) is 0 Å². The summed E-state index contributed by atoms with van der Waals surface area (Å²) in [5.41, 5.74) is 5.94. The molecule has 1 amide bonds. The molecule has 0 saturated carbocycles. The molecule has 0 spiro atoms. The molecule has 0 atom stereocenters. The minimum absolute atomic E-state index is 0.0742. The summed E-state index contributed by atoms with van der Waals surface area (Å²) in [7, 11) is 1.71. The van der Waals surface area contributed by atoms with Crippen molar-refractivity contribution in [2.45, 2.75) is 0 Å². The van der Waals surface area contributed by atoms with E-state index in [1.165, 1.54) is 0 Å². The normalized spacial score (nSPS) is 10.1. The Morgan fingerprint density at radius 3 is 2.80 bits per heavy atom. The van der Waals surface area contributed by atoms with Crippen molar-refractivity contribution in [2.24, 2.45) is 5.73 Å². The molecule has 0 aliphatic carbocycles. The fourth-order valence-corrected chi connectivity index (χ4v) is 1.57. The van der Waals surface area contributed by atoms with E-state index in [0.29, 0.717) is 23.7 Å². The van der Waals surface area contributed by atoms with Gasteiger partial charge in [-0.2, -0.15) is 0 Å². The van der Waals surface area contributed by atoms with Crippen LogP contribution in [-0.2, 0) is 0 Å². The quantitative estimate of drug-likeness (QED) is 0.927. The van der Waals surface area contributed by atoms with Crippen molar-refractivity contribution in [1.82, 2.24) is 4.90 Å². The third kappa shape index (κ3) is 3.19. The molecule has 0 heterocycles. The molecule has 82 valence electrons. The number of rotatable bonds is 3. The average molecular weight is 292 g/mol. The van der Waals surface area contributed by atoms with E-state index in [4.69, 9.17) is 17.3 Å². The number of hydrogen-bond acceptors (Lipinski definition) is 2. The van der Waals surface area contributed by atoms with E-state index in [1.54, 1.807) is 30.1 Å². The van der Waals surface area contributed by atoms with Crippen molar-refractivity contribution >= 4 is 33.4 Å². The standard InChI is InChI=1S/C10H12BrClN2O/c1-14(5-4-13)10(15)7-2-3-8(11)9(12)6-7/h2-3,6H,4-5,13H2,1H3. The van der Waals surface area contributed by atoms with Crippen molar-refractivity contribution in [3.8, 4) is 0 Å². The molecule has 2 N–H and O–H groups in total. The number of benzene rings is 1. The average Bonchev–Trinajstić information content (AvgIpc) is 2.21. The zero-order valence-electron chi connectivity index (χ0n) is 8.34. The summed E-state index contributed by atoms with van der Waals surface area (Å²) in [6.45, 7) is 0.985. The third-order valence-electron chi connectivity index (χ3n) is 1.98. The van der Waals surface area contributed by atoms with Crippen LogP contribution >= 0.6 is 27.5 Å². The summed E-state index contributed by atoms with van der Waals surface area (Å²) >= 11 is 9.17. The van der Waals surface area contributed by atoms with E-state index in [-0.39, 0.29) is 5.91 Å². The third-order valence-corrected chi connectivity index (χ3v) is 3.21. The maximum Gasteiger partial charge on any atom is 0.253 e. The molecule has 1 aromatic carbocycles. The Hall–Kier alpha value is -0.580. The van der Waals surface area contributed by atoms with Crippen molar-refractivity contribution < 1.29 is 4.79 Å². The molecular formula is C10H12BrClN2O. The monoisotopic (exact) mass is 290 g/mol. The Balaban J connectivity index is 2.87. The van der Waals surface area contributed by atoms with Crippen LogP contribution in [0.15, 0.2) is 22.7 Å². The lowest BCUT2D eigenvalue weighted by Gasteiger charge is -2.16. The highest BCUT2D eigenvalue weighted by molar-refractivity contribution is 9.10. The van der Waals surface area contributed by atoms with E-state index in [9.17, 15) is 4.79 Å². The lowest BCUT2D eigenvalue weighted by atomic mass is 10.2. The van der Waals surface area contributed by atoms with Crippen LogP contribution in [0.2, 0.25) is 5.02 Å². The second-order valence-electron chi connectivity index (χ2n) is 3.14. The number of amides is 1. The SMILES string of the molecule is CN(CCN)C(=O)c1ccc(Br)c(Cl)c1. The molecule has 0 aromatic heterocycles. The molecule has 0 aliphatic heterocycles. The van der Waals surface area contributed by atoms with Crippen LogP contribution in [0.25, 0.3) is 0 Å². The first-order valence-electron chi connectivity index (χ1n) is 4.47. The highest BCUT2D eigenvalue weighted by Crippen LogP contribution is 2.23. The van der Waals surface area contributed by atoms with Crippen LogP contribution in [0.5, 0.6) is 0 Å². The largest absolute Gasteiger partial charge is 0.340 e. The van der Waals surface area contributed by atoms with Crippen LogP contribution in [0.1, 0.15) is 10.4 Å². The highest BCUT2D eigenvalue weighted by Gasteiger charge is 2.11. The highest BCUT2D eigenvalue weighted by atomic mass is 79.9. The van der Waals surface area contributed by atoms with Crippen LogP contribution in [-0.4, -0.2) is 30.9 Å². The zero-order chi connectivity index (χ0) is 11.4. The van der Waals surface area contributed by atoms with E-state index >= 15 is 0 Å². The minimum Gasteiger partial charge on any atom is -0.340 e. The second kappa shape index (κ2) is 5.49. The molecule has 5 heteroatoms. The van der Waals surface area contributed by atoms with Gasteiger partial charge in [-0.1, -0.05) is 11.6 Å². The van der Waals surface area contributed by atoms with Gasteiger partial charge in [0, 0.05) is 30.2 Å². The number of carbonyl (C=O) groups excluding carboxylic acids is 1. The molecule has 0 unspecified atom stereocenters. The van der Waals surface area contributed by atoms with Gasteiger partial charge in [0.15, 0.2) is 0 Å². The first-order chi connectivity index (χ1) is 7.06. The second-order valence-corrected chi connectivity index (χ2v) is 4.41. The molecule has 15 heavy (non-hydrogen) atoms. The van der Waals surface area contributed by atoms with Gasteiger partial charge in [-0.3, -0.25) is 4.79 Å². The molecule has 1 aromatic rings. The van der Waals surface area contributed by atoms with Gasteiger partial charge in [-0.25, -0.2) is 0 Å². The molecule has 1 rings (SSSR count). The maximum absolute atomic E-state index is 11.8. The molecule has 0 aliphatic rings. The number of nitrogens with two attached hydrogens (primary N) is 1. The van der Waals surface area contributed by atoms with Gasteiger partial charge in [0.25, 0.3) is 5.91 Å². The Morgan fingerprint density at radius 2 is 2.27 bits per heavy atom. The lowest BCUT2D eigenvalue weighted by Crippen LogP contribution is -2.31. The van der Waals surface area contributed by atoms with Gasteiger partial charge in [-0.05, 0) is 34.1 Å². The first kappa shape index (κ1) is 12.5. The fraction of sp³-hybridized carbons (Fsp3) is 0.300. The van der Waals surface area contributed by atoms with Crippen molar-refractivity contribution in [3.05, 3.63) is 33.3 Å². The summed E-state index contributed by atoms with van der Waals surface area (Å²) in [4.78, 5) is 13.4. The Bertz CT molecular complexity index is 370. The van der Waals surface area contributed by atoms with Gasteiger partial charge in [0.05, 0.1) is 5.02 Å². The number of nitrogens with zero attached hydrogens (tertiary/aromatic N) is 1. The van der Waals surface area contributed by atoms with E-state index in [1.807, 2.05) is 0 Å². The Labute approximate surface area is 102 Å². The Kier molecular flexibility index (Phi) is 4.57. The summed E-state index contributed by atoms with van der Waals surface area (Å²) in [5, 5.41) is 0.530. The number of halogens is 2. The van der Waals surface area contributed by atoms with Crippen LogP contribution < -0.4 is 5.73 Å². The number of hydrogen-bond donors (Lipinski definition) is 1. The van der Waals surface area contributed by atoms with E-state index in [2.05, 4.69) is 15.9 Å². The summed E-state index contributed by atoms with van der Waals surface area (Å²) in [6.07, 6.45) is 0.